The van der Waals surface area contributed by atoms with E-state index in [1.54, 1.807) is 54.3 Å². The molecule has 1 amide bonds. The zero-order chi connectivity index (χ0) is 25.9. The lowest BCUT2D eigenvalue weighted by molar-refractivity contribution is -0.384. The Bertz CT molecular complexity index is 1660. The minimum Gasteiger partial charge on any atom is -0.338 e. The number of fused-ring (bicyclic) bond motifs is 1. The molecule has 0 aliphatic carbocycles. The van der Waals surface area contributed by atoms with Crippen molar-refractivity contribution in [2.75, 3.05) is 7.05 Å². The van der Waals surface area contributed by atoms with Gasteiger partial charge < -0.3 is 9.88 Å². The average molecular weight is 495 g/mol. The molecule has 1 N–H and O–H groups in total. The normalized spacial score (nSPS) is 10.9. The first-order chi connectivity index (χ1) is 17.9. The number of carbonyl (C=O) groups is 1. The summed E-state index contributed by atoms with van der Waals surface area (Å²) >= 11 is 0. The molecule has 0 spiro atoms. The van der Waals surface area contributed by atoms with Gasteiger partial charge in [0.2, 0.25) is 5.91 Å². The Kier molecular flexibility index (Phi) is 6.29. The minimum atomic E-state index is -0.461. The van der Waals surface area contributed by atoms with Crippen molar-refractivity contribution in [2.24, 2.45) is 0 Å². The van der Waals surface area contributed by atoms with Crippen molar-refractivity contribution >= 4 is 22.5 Å². The van der Waals surface area contributed by atoms with E-state index >= 15 is 0 Å². The fourth-order valence-corrected chi connectivity index (χ4v) is 4.06. The van der Waals surface area contributed by atoms with E-state index in [0.29, 0.717) is 33.5 Å². The van der Waals surface area contributed by atoms with Gasteiger partial charge in [0.25, 0.3) is 11.2 Å². The van der Waals surface area contributed by atoms with Crippen molar-refractivity contribution < 1.29 is 9.72 Å². The minimum absolute atomic E-state index is 0.0273. The van der Waals surface area contributed by atoms with Crippen LogP contribution in [-0.4, -0.2) is 42.5 Å². The SMILES string of the molecule is CN(Cc1nc2ccccc2c(=O)[nH]1)C(=O)Cc1cn(-c2ccccc2)nc1-c1ccc([N+](=O)[O-])cc1. The number of rotatable bonds is 7. The van der Waals surface area contributed by atoms with Crippen LogP contribution in [-0.2, 0) is 17.8 Å². The Balaban J connectivity index is 1.43. The summed E-state index contributed by atoms with van der Waals surface area (Å²) < 4.78 is 1.68. The summed E-state index contributed by atoms with van der Waals surface area (Å²) in [6.07, 6.45) is 1.82. The molecule has 10 heteroatoms. The van der Waals surface area contributed by atoms with Crippen LogP contribution < -0.4 is 5.56 Å². The summed E-state index contributed by atoms with van der Waals surface area (Å²) in [5.41, 5.74) is 2.97. The number of carbonyl (C=O) groups excluding carboxylic acids is 1. The lowest BCUT2D eigenvalue weighted by Crippen LogP contribution is -2.29. The molecule has 0 saturated heterocycles. The van der Waals surface area contributed by atoms with E-state index in [1.807, 2.05) is 30.3 Å². The predicted molar refractivity (Wildman–Crippen MR) is 138 cm³/mol. The van der Waals surface area contributed by atoms with E-state index in [2.05, 4.69) is 15.1 Å². The van der Waals surface area contributed by atoms with Crippen molar-refractivity contribution in [3.63, 3.8) is 0 Å². The van der Waals surface area contributed by atoms with Gasteiger partial charge in [-0.2, -0.15) is 5.10 Å². The van der Waals surface area contributed by atoms with Gasteiger partial charge in [0.15, 0.2) is 0 Å². The number of benzene rings is 3. The molecule has 184 valence electrons. The van der Waals surface area contributed by atoms with Gasteiger partial charge in [-0.15, -0.1) is 0 Å². The number of likely N-dealkylation sites (N-methyl/N-ethyl adjacent to an activating group) is 1. The van der Waals surface area contributed by atoms with Crippen LogP contribution >= 0.6 is 0 Å². The highest BCUT2D eigenvalue weighted by Crippen LogP contribution is 2.26. The molecule has 2 aromatic heterocycles. The van der Waals surface area contributed by atoms with Crippen LogP contribution in [0.15, 0.2) is 89.9 Å². The predicted octanol–water partition coefficient (Wildman–Crippen LogP) is 3.89. The van der Waals surface area contributed by atoms with Crippen LogP contribution in [0, 0.1) is 10.1 Å². The molecule has 0 fully saturated rings. The van der Waals surface area contributed by atoms with E-state index in [9.17, 15) is 19.7 Å². The molecular weight excluding hydrogens is 472 g/mol. The molecule has 5 aromatic rings. The largest absolute Gasteiger partial charge is 0.338 e. The number of nitro groups is 1. The Hall–Kier alpha value is -5.12. The van der Waals surface area contributed by atoms with Crippen molar-refractivity contribution in [1.82, 2.24) is 24.6 Å². The molecule has 0 bridgehead atoms. The number of nitro benzene ring substituents is 1. The summed E-state index contributed by atoms with van der Waals surface area (Å²) in [6, 6.07) is 22.6. The van der Waals surface area contributed by atoms with Gasteiger partial charge in [-0.05, 0) is 36.4 Å². The molecule has 0 radical (unpaired) electrons. The number of H-pyrrole nitrogens is 1. The zero-order valence-electron chi connectivity index (χ0n) is 19.9. The fourth-order valence-electron chi connectivity index (χ4n) is 4.06. The second-order valence-electron chi connectivity index (χ2n) is 8.54. The van der Waals surface area contributed by atoms with Crippen molar-refractivity contribution in [3.8, 4) is 16.9 Å². The topological polar surface area (TPSA) is 127 Å². The molecule has 0 saturated carbocycles. The van der Waals surface area contributed by atoms with Crippen LogP contribution in [0.2, 0.25) is 0 Å². The molecule has 5 rings (SSSR count). The van der Waals surface area contributed by atoms with Crippen LogP contribution in [0.5, 0.6) is 0 Å². The molecule has 10 nitrogen and oxygen atoms in total. The summed E-state index contributed by atoms with van der Waals surface area (Å²) in [5, 5.41) is 16.2. The Morgan fingerprint density at radius 1 is 1.03 bits per heavy atom. The first-order valence-electron chi connectivity index (χ1n) is 11.5. The number of non-ortho nitro benzene ring substituents is 1. The smallest absolute Gasteiger partial charge is 0.269 e. The lowest BCUT2D eigenvalue weighted by Gasteiger charge is -2.16. The maximum atomic E-state index is 13.2. The lowest BCUT2D eigenvalue weighted by atomic mass is 10.1. The summed E-state index contributed by atoms with van der Waals surface area (Å²) in [7, 11) is 1.64. The molecule has 0 unspecified atom stereocenters. The van der Waals surface area contributed by atoms with Crippen molar-refractivity contribution in [2.45, 2.75) is 13.0 Å². The summed E-state index contributed by atoms with van der Waals surface area (Å²) in [6.45, 7) is 0.124. The summed E-state index contributed by atoms with van der Waals surface area (Å²) in [5.74, 6) is 0.182. The van der Waals surface area contributed by atoms with Gasteiger partial charge in [-0.25, -0.2) is 9.67 Å². The molecule has 37 heavy (non-hydrogen) atoms. The fraction of sp³-hybridized carbons (Fsp3) is 0.111. The quantitative estimate of drug-likeness (QED) is 0.270. The molecule has 3 aromatic carbocycles. The maximum Gasteiger partial charge on any atom is 0.269 e. The zero-order valence-corrected chi connectivity index (χ0v) is 19.9. The van der Waals surface area contributed by atoms with Gasteiger partial charge in [0.1, 0.15) is 5.82 Å². The number of nitrogens with one attached hydrogen (secondary N) is 1. The van der Waals surface area contributed by atoms with E-state index in [1.165, 1.54) is 17.0 Å². The van der Waals surface area contributed by atoms with Crippen LogP contribution in [0.4, 0.5) is 5.69 Å². The van der Waals surface area contributed by atoms with Crippen LogP contribution in [0.25, 0.3) is 27.8 Å². The van der Waals surface area contributed by atoms with E-state index in [-0.39, 0.29) is 30.1 Å². The third kappa shape index (κ3) is 4.98. The number of hydrogen-bond acceptors (Lipinski definition) is 6. The second kappa shape index (κ2) is 9.86. The first-order valence-corrected chi connectivity index (χ1v) is 11.5. The van der Waals surface area contributed by atoms with Gasteiger partial charge in [0.05, 0.1) is 40.2 Å². The van der Waals surface area contributed by atoms with Gasteiger partial charge in [0, 0.05) is 36.5 Å². The molecule has 0 atom stereocenters. The van der Waals surface area contributed by atoms with E-state index in [0.717, 1.165) is 5.69 Å². The van der Waals surface area contributed by atoms with E-state index < -0.39 is 4.92 Å². The number of aromatic amines is 1. The average Bonchev–Trinajstić information content (AvgIpc) is 3.33. The number of para-hydroxylation sites is 2. The van der Waals surface area contributed by atoms with Gasteiger partial charge in [-0.3, -0.25) is 19.7 Å². The third-order valence-electron chi connectivity index (χ3n) is 5.98. The standard InChI is InChI=1S/C27H22N6O4/c1-31(17-24-28-23-10-6-5-9-22(23)27(35)29-24)25(34)15-19-16-32(20-7-3-2-4-8-20)30-26(19)18-11-13-21(14-12-18)33(36)37/h2-14,16H,15,17H2,1H3,(H,28,29,35). The Labute approximate surface area is 211 Å². The van der Waals surface area contributed by atoms with Gasteiger partial charge >= 0.3 is 0 Å². The highest BCUT2D eigenvalue weighted by Gasteiger charge is 2.19. The highest BCUT2D eigenvalue weighted by molar-refractivity contribution is 5.81. The van der Waals surface area contributed by atoms with E-state index in [4.69, 9.17) is 0 Å². The Morgan fingerprint density at radius 3 is 2.46 bits per heavy atom. The Morgan fingerprint density at radius 2 is 1.73 bits per heavy atom. The molecular formula is C27H22N6O4. The van der Waals surface area contributed by atoms with Crippen LogP contribution in [0.3, 0.4) is 0 Å². The monoisotopic (exact) mass is 494 g/mol. The van der Waals surface area contributed by atoms with Crippen molar-refractivity contribution in [3.05, 3.63) is 117 Å². The number of amides is 1. The number of aromatic nitrogens is 4. The third-order valence-corrected chi connectivity index (χ3v) is 5.98. The maximum absolute atomic E-state index is 13.2. The molecule has 0 aliphatic rings. The number of nitrogens with zero attached hydrogens (tertiary/aromatic N) is 5. The molecule has 2 heterocycles. The summed E-state index contributed by atoms with van der Waals surface area (Å²) in [4.78, 5) is 44.9. The van der Waals surface area contributed by atoms with Crippen LogP contribution in [0.1, 0.15) is 11.4 Å². The van der Waals surface area contributed by atoms with Gasteiger partial charge in [-0.1, -0.05) is 30.3 Å². The first kappa shape index (κ1) is 23.6. The number of hydrogen-bond donors (Lipinski definition) is 1. The highest BCUT2D eigenvalue weighted by atomic mass is 16.6. The molecule has 0 aliphatic heterocycles. The second-order valence-corrected chi connectivity index (χ2v) is 8.54. The van der Waals surface area contributed by atoms with Crippen molar-refractivity contribution in [1.29, 1.82) is 0 Å².